The zero-order valence-electron chi connectivity index (χ0n) is 25.5. The smallest absolute Gasteiger partial charge is 0.257 e. The van der Waals surface area contributed by atoms with Crippen molar-refractivity contribution in [3.05, 3.63) is 45.8 Å². The van der Waals surface area contributed by atoms with Gasteiger partial charge in [-0.05, 0) is 68.5 Å². The molecule has 10 heteroatoms. The summed E-state index contributed by atoms with van der Waals surface area (Å²) in [6.07, 6.45) is 5.96. The molecule has 2 heterocycles. The number of carbonyl (C=O) groups is 2. The SMILES string of the molecule is CCCCN(CCCC)S(=O)(=O)c1ccc(C(=O)Nc2sc3c(c2C(=O)N(CCC)CCC)CCN(CC)C3)cc1. The molecule has 0 atom stereocenters. The molecule has 0 radical (unpaired) electrons. The Balaban J connectivity index is 1.88. The topological polar surface area (TPSA) is 90.0 Å². The van der Waals surface area contributed by atoms with E-state index in [0.717, 1.165) is 75.0 Å². The molecule has 0 bridgehead atoms. The van der Waals surface area contributed by atoms with Crippen LogP contribution in [0.3, 0.4) is 0 Å². The molecule has 0 spiro atoms. The molecule has 2 amide bonds. The number of hydrogen-bond acceptors (Lipinski definition) is 6. The van der Waals surface area contributed by atoms with Gasteiger partial charge < -0.3 is 10.2 Å². The van der Waals surface area contributed by atoms with Crippen LogP contribution in [0.25, 0.3) is 0 Å². The highest BCUT2D eigenvalue weighted by molar-refractivity contribution is 7.89. The van der Waals surface area contributed by atoms with E-state index in [9.17, 15) is 18.0 Å². The number of amides is 2. The van der Waals surface area contributed by atoms with E-state index >= 15 is 0 Å². The molecule has 1 aromatic carbocycles. The Kier molecular flexibility index (Phi) is 12.8. The van der Waals surface area contributed by atoms with E-state index in [2.05, 4.69) is 31.0 Å². The van der Waals surface area contributed by atoms with E-state index in [0.29, 0.717) is 42.3 Å². The van der Waals surface area contributed by atoms with Crippen LogP contribution in [0, 0.1) is 0 Å². The Morgan fingerprint density at radius 3 is 2.05 bits per heavy atom. The fourth-order valence-electron chi connectivity index (χ4n) is 5.18. The summed E-state index contributed by atoms with van der Waals surface area (Å²) in [5, 5.41) is 3.61. The third-order valence-electron chi connectivity index (χ3n) is 7.57. The van der Waals surface area contributed by atoms with Gasteiger partial charge in [0.05, 0.1) is 10.5 Å². The summed E-state index contributed by atoms with van der Waals surface area (Å²) in [5.41, 5.74) is 2.03. The van der Waals surface area contributed by atoms with Gasteiger partial charge in [-0.15, -0.1) is 11.3 Å². The van der Waals surface area contributed by atoms with E-state index in [1.807, 2.05) is 18.7 Å². The van der Waals surface area contributed by atoms with E-state index < -0.39 is 10.0 Å². The van der Waals surface area contributed by atoms with Gasteiger partial charge in [0, 0.05) is 49.7 Å². The number of unbranched alkanes of at least 4 members (excludes halogenated alkanes) is 2. The largest absolute Gasteiger partial charge is 0.339 e. The highest BCUT2D eigenvalue weighted by atomic mass is 32.2. The lowest BCUT2D eigenvalue weighted by molar-refractivity contribution is 0.0755. The van der Waals surface area contributed by atoms with Gasteiger partial charge in [0.15, 0.2) is 0 Å². The van der Waals surface area contributed by atoms with Crippen molar-refractivity contribution in [3.8, 4) is 0 Å². The van der Waals surface area contributed by atoms with Gasteiger partial charge in [-0.3, -0.25) is 14.5 Å². The first kappa shape index (κ1) is 33.2. The normalized spacial score (nSPS) is 13.8. The zero-order valence-corrected chi connectivity index (χ0v) is 27.1. The number of nitrogens with zero attached hydrogens (tertiary/aromatic N) is 3. The summed E-state index contributed by atoms with van der Waals surface area (Å²) < 4.78 is 28.3. The van der Waals surface area contributed by atoms with Gasteiger partial charge in [-0.2, -0.15) is 4.31 Å². The second-order valence-electron chi connectivity index (χ2n) is 10.7. The molecule has 0 unspecified atom stereocenters. The van der Waals surface area contributed by atoms with Crippen LogP contribution in [0.4, 0.5) is 5.00 Å². The van der Waals surface area contributed by atoms with E-state index in [-0.39, 0.29) is 16.7 Å². The Morgan fingerprint density at radius 2 is 1.51 bits per heavy atom. The number of anilines is 1. The van der Waals surface area contributed by atoms with Gasteiger partial charge in [-0.25, -0.2) is 8.42 Å². The minimum atomic E-state index is -3.65. The third-order valence-corrected chi connectivity index (χ3v) is 10.6. The quantitative estimate of drug-likeness (QED) is 0.245. The molecule has 3 rings (SSSR count). The van der Waals surface area contributed by atoms with Crippen LogP contribution in [0.1, 0.15) is 104 Å². The summed E-state index contributed by atoms with van der Waals surface area (Å²) in [4.78, 5) is 32.8. The summed E-state index contributed by atoms with van der Waals surface area (Å²) in [6, 6.07) is 6.16. The van der Waals surface area contributed by atoms with Crippen LogP contribution in [0.5, 0.6) is 0 Å². The maximum Gasteiger partial charge on any atom is 0.257 e. The number of sulfonamides is 1. The molecule has 0 saturated heterocycles. The number of nitrogens with one attached hydrogen (secondary N) is 1. The van der Waals surface area contributed by atoms with Gasteiger partial charge in [0.2, 0.25) is 10.0 Å². The molecule has 41 heavy (non-hydrogen) atoms. The lowest BCUT2D eigenvalue weighted by Gasteiger charge is -2.27. The van der Waals surface area contributed by atoms with Crippen molar-refractivity contribution in [3.63, 3.8) is 0 Å². The molecule has 2 aromatic rings. The molecular formula is C31H48N4O4S2. The highest BCUT2D eigenvalue weighted by Gasteiger charge is 2.31. The molecule has 1 aromatic heterocycles. The zero-order chi connectivity index (χ0) is 30.0. The fraction of sp³-hybridized carbons (Fsp3) is 0.613. The Bertz CT molecular complexity index is 1240. The maximum atomic E-state index is 13.8. The lowest BCUT2D eigenvalue weighted by atomic mass is 10.0. The first-order valence-electron chi connectivity index (χ1n) is 15.3. The van der Waals surface area contributed by atoms with Crippen molar-refractivity contribution in [1.82, 2.24) is 14.1 Å². The van der Waals surface area contributed by atoms with Gasteiger partial charge in [0.25, 0.3) is 11.8 Å². The first-order chi connectivity index (χ1) is 19.7. The highest BCUT2D eigenvalue weighted by Crippen LogP contribution is 2.38. The number of hydrogen-bond donors (Lipinski definition) is 1. The van der Waals surface area contributed by atoms with E-state index in [4.69, 9.17) is 0 Å². The summed E-state index contributed by atoms with van der Waals surface area (Å²) in [5.74, 6) is -0.368. The van der Waals surface area contributed by atoms with Crippen molar-refractivity contribution in [2.24, 2.45) is 0 Å². The number of carbonyl (C=O) groups excluding carboxylic acids is 2. The van der Waals surface area contributed by atoms with Crippen molar-refractivity contribution in [1.29, 1.82) is 0 Å². The summed E-state index contributed by atoms with van der Waals surface area (Å²) in [6.45, 7) is 15.3. The van der Waals surface area contributed by atoms with Gasteiger partial charge in [0.1, 0.15) is 5.00 Å². The molecule has 1 aliphatic heterocycles. The average Bonchev–Trinajstić information content (AvgIpc) is 3.33. The Labute approximate surface area is 251 Å². The number of rotatable bonds is 16. The van der Waals surface area contributed by atoms with Crippen molar-refractivity contribution < 1.29 is 18.0 Å². The maximum absolute atomic E-state index is 13.8. The standard InChI is InChI=1S/C31H48N4O4S2/c1-6-11-20-35(21-12-7-2)41(38,39)25-15-13-24(14-16-25)29(36)32-30-28(31(37)34(18-8-3)19-9-4)26-17-22-33(10-5)23-27(26)40-30/h13-16H,6-12,17-23H2,1-5H3,(H,32,36). The minimum absolute atomic E-state index is 0.0212. The van der Waals surface area contributed by atoms with Crippen molar-refractivity contribution in [2.45, 2.75) is 91.0 Å². The molecule has 8 nitrogen and oxygen atoms in total. The molecule has 1 N–H and O–H groups in total. The fourth-order valence-corrected chi connectivity index (χ4v) is 7.97. The van der Waals surface area contributed by atoms with Crippen LogP contribution in [0.15, 0.2) is 29.2 Å². The lowest BCUT2D eigenvalue weighted by Crippen LogP contribution is -2.35. The van der Waals surface area contributed by atoms with Crippen LogP contribution >= 0.6 is 11.3 Å². The van der Waals surface area contributed by atoms with Gasteiger partial charge in [-0.1, -0.05) is 47.5 Å². The third kappa shape index (κ3) is 8.18. The van der Waals surface area contributed by atoms with Crippen molar-refractivity contribution in [2.75, 3.05) is 44.6 Å². The molecule has 0 saturated carbocycles. The first-order valence-corrected chi connectivity index (χ1v) is 17.5. The number of fused-ring (bicyclic) bond motifs is 1. The van der Waals surface area contributed by atoms with Crippen LogP contribution in [-0.4, -0.2) is 73.6 Å². The summed E-state index contributed by atoms with van der Waals surface area (Å²) >= 11 is 1.49. The minimum Gasteiger partial charge on any atom is -0.339 e. The van der Waals surface area contributed by atoms with E-state index in [1.165, 1.54) is 23.5 Å². The van der Waals surface area contributed by atoms with Crippen LogP contribution < -0.4 is 5.32 Å². The molecule has 0 aliphatic carbocycles. The van der Waals surface area contributed by atoms with Gasteiger partial charge >= 0.3 is 0 Å². The number of benzene rings is 1. The Hall–Kier alpha value is -2.27. The number of thiophene rings is 1. The monoisotopic (exact) mass is 604 g/mol. The van der Waals surface area contributed by atoms with Crippen LogP contribution in [-0.2, 0) is 23.0 Å². The predicted octanol–water partition coefficient (Wildman–Crippen LogP) is 6.23. The second kappa shape index (κ2) is 15.8. The average molecular weight is 605 g/mol. The Morgan fingerprint density at radius 1 is 0.902 bits per heavy atom. The van der Waals surface area contributed by atoms with E-state index in [1.54, 1.807) is 16.4 Å². The number of likely N-dealkylation sites (N-methyl/N-ethyl adjacent to an activating group) is 1. The molecule has 0 fully saturated rings. The summed E-state index contributed by atoms with van der Waals surface area (Å²) in [7, 11) is -3.65. The van der Waals surface area contributed by atoms with Crippen LogP contribution in [0.2, 0.25) is 0 Å². The van der Waals surface area contributed by atoms with Crippen molar-refractivity contribution >= 4 is 38.2 Å². The predicted molar refractivity (Wildman–Crippen MR) is 168 cm³/mol. The molecule has 1 aliphatic rings. The second-order valence-corrected chi connectivity index (χ2v) is 13.8. The molecule has 228 valence electrons. The molecular weight excluding hydrogens is 556 g/mol.